The Kier molecular flexibility index (Phi) is 5.91. The SMILES string of the molecule is O=S1(=O)CC[C@H](N(C[C@H]2CCCO2)C(=S)NCc2ccc(F)cc2)C1. The van der Waals surface area contributed by atoms with Crippen molar-refractivity contribution in [2.45, 2.75) is 38.0 Å². The lowest BCUT2D eigenvalue weighted by Crippen LogP contribution is -2.49. The van der Waals surface area contributed by atoms with Gasteiger partial charge in [-0.25, -0.2) is 12.8 Å². The number of rotatable bonds is 5. The van der Waals surface area contributed by atoms with E-state index in [4.69, 9.17) is 17.0 Å². The summed E-state index contributed by atoms with van der Waals surface area (Å²) in [5.74, 6) is 0.0701. The molecular weight excluding hydrogens is 363 g/mol. The second-order valence-electron chi connectivity index (χ2n) is 6.63. The third-order valence-electron chi connectivity index (χ3n) is 4.69. The van der Waals surface area contributed by atoms with Crippen molar-refractivity contribution in [3.8, 4) is 0 Å². The molecule has 5 nitrogen and oxygen atoms in total. The minimum Gasteiger partial charge on any atom is -0.376 e. The molecular formula is C17H23FN2O3S2. The molecule has 1 aromatic carbocycles. The van der Waals surface area contributed by atoms with Crippen LogP contribution in [0.2, 0.25) is 0 Å². The van der Waals surface area contributed by atoms with Gasteiger partial charge in [-0.15, -0.1) is 0 Å². The van der Waals surface area contributed by atoms with Crippen molar-refractivity contribution in [3.63, 3.8) is 0 Å². The smallest absolute Gasteiger partial charge is 0.169 e. The zero-order valence-electron chi connectivity index (χ0n) is 14.0. The molecule has 0 spiro atoms. The van der Waals surface area contributed by atoms with Crippen LogP contribution >= 0.6 is 12.2 Å². The number of halogens is 1. The van der Waals surface area contributed by atoms with Gasteiger partial charge in [-0.2, -0.15) is 0 Å². The molecule has 0 unspecified atom stereocenters. The third kappa shape index (κ3) is 5.12. The Morgan fingerprint density at radius 1 is 1.32 bits per heavy atom. The molecule has 3 rings (SSSR count). The van der Waals surface area contributed by atoms with E-state index in [0.717, 1.165) is 25.0 Å². The van der Waals surface area contributed by atoms with Crippen LogP contribution in [0, 0.1) is 5.82 Å². The maximum absolute atomic E-state index is 13.0. The van der Waals surface area contributed by atoms with E-state index in [-0.39, 0.29) is 29.5 Å². The van der Waals surface area contributed by atoms with Crippen LogP contribution in [-0.4, -0.2) is 55.2 Å². The van der Waals surface area contributed by atoms with Crippen LogP contribution in [0.3, 0.4) is 0 Å². The van der Waals surface area contributed by atoms with E-state index in [1.165, 1.54) is 12.1 Å². The van der Waals surface area contributed by atoms with Gasteiger partial charge in [0.25, 0.3) is 0 Å². The van der Waals surface area contributed by atoms with Gasteiger partial charge in [0, 0.05) is 25.7 Å². The van der Waals surface area contributed by atoms with Crippen LogP contribution in [0.25, 0.3) is 0 Å². The third-order valence-corrected chi connectivity index (χ3v) is 6.82. The molecule has 2 saturated heterocycles. The first kappa shape index (κ1) is 18.5. The molecule has 2 fully saturated rings. The Labute approximate surface area is 153 Å². The maximum atomic E-state index is 13.0. The fraction of sp³-hybridized carbons (Fsp3) is 0.588. The summed E-state index contributed by atoms with van der Waals surface area (Å²) in [7, 11) is -2.99. The molecule has 2 atom stereocenters. The highest BCUT2D eigenvalue weighted by atomic mass is 32.2. The summed E-state index contributed by atoms with van der Waals surface area (Å²) >= 11 is 5.54. The lowest BCUT2D eigenvalue weighted by Gasteiger charge is -2.33. The lowest BCUT2D eigenvalue weighted by molar-refractivity contribution is 0.0841. The number of ether oxygens (including phenoxy) is 1. The van der Waals surface area contributed by atoms with Crippen molar-refractivity contribution in [1.82, 2.24) is 10.2 Å². The Hall–Kier alpha value is -1.25. The maximum Gasteiger partial charge on any atom is 0.169 e. The largest absolute Gasteiger partial charge is 0.376 e. The predicted molar refractivity (Wildman–Crippen MR) is 98.6 cm³/mol. The molecule has 138 valence electrons. The van der Waals surface area contributed by atoms with E-state index in [2.05, 4.69) is 5.32 Å². The quantitative estimate of drug-likeness (QED) is 0.780. The van der Waals surface area contributed by atoms with Gasteiger partial charge in [-0.05, 0) is 49.2 Å². The summed E-state index contributed by atoms with van der Waals surface area (Å²) in [6, 6.07) is 6.12. The summed E-state index contributed by atoms with van der Waals surface area (Å²) < 4.78 is 42.4. The van der Waals surface area contributed by atoms with Gasteiger partial charge in [-0.3, -0.25) is 0 Å². The number of sulfone groups is 1. The fourth-order valence-electron chi connectivity index (χ4n) is 3.31. The van der Waals surface area contributed by atoms with E-state index >= 15 is 0 Å². The molecule has 0 aliphatic carbocycles. The Morgan fingerprint density at radius 3 is 2.68 bits per heavy atom. The van der Waals surface area contributed by atoms with Crippen LogP contribution in [-0.2, 0) is 21.1 Å². The van der Waals surface area contributed by atoms with Crippen LogP contribution in [0.1, 0.15) is 24.8 Å². The molecule has 1 aromatic rings. The molecule has 0 saturated carbocycles. The van der Waals surface area contributed by atoms with Gasteiger partial charge in [0.2, 0.25) is 0 Å². The Balaban J connectivity index is 1.64. The fourth-order valence-corrected chi connectivity index (χ4v) is 5.33. The zero-order chi connectivity index (χ0) is 17.9. The second kappa shape index (κ2) is 7.97. The van der Waals surface area contributed by atoms with Crippen LogP contribution < -0.4 is 5.32 Å². The highest BCUT2D eigenvalue weighted by Crippen LogP contribution is 2.21. The van der Waals surface area contributed by atoms with Crippen molar-refractivity contribution in [2.75, 3.05) is 24.7 Å². The molecule has 0 radical (unpaired) electrons. The van der Waals surface area contributed by atoms with Crippen LogP contribution in [0.5, 0.6) is 0 Å². The van der Waals surface area contributed by atoms with Gasteiger partial charge >= 0.3 is 0 Å². The highest BCUT2D eigenvalue weighted by molar-refractivity contribution is 7.91. The van der Waals surface area contributed by atoms with Gasteiger partial charge in [-0.1, -0.05) is 12.1 Å². The van der Waals surface area contributed by atoms with Crippen molar-refractivity contribution >= 4 is 27.2 Å². The monoisotopic (exact) mass is 386 g/mol. The normalized spacial score (nSPS) is 25.0. The molecule has 8 heteroatoms. The van der Waals surface area contributed by atoms with Crippen LogP contribution in [0.15, 0.2) is 24.3 Å². The number of thiocarbonyl (C=S) groups is 1. The summed E-state index contributed by atoms with van der Waals surface area (Å²) in [6.07, 6.45) is 2.68. The van der Waals surface area contributed by atoms with E-state index < -0.39 is 9.84 Å². The molecule has 2 aliphatic heterocycles. The lowest BCUT2D eigenvalue weighted by atomic mass is 10.1. The number of hydrogen-bond acceptors (Lipinski definition) is 4. The van der Waals surface area contributed by atoms with Crippen molar-refractivity contribution in [3.05, 3.63) is 35.6 Å². The van der Waals surface area contributed by atoms with Crippen molar-refractivity contribution in [2.24, 2.45) is 0 Å². The van der Waals surface area contributed by atoms with Gasteiger partial charge < -0.3 is 15.0 Å². The second-order valence-corrected chi connectivity index (χ2v) is 9.24. The first-order chi connectivity index (χ1) is 11.9. The van der Waals surface area contributed by atoms with Crippen molar-refractivity contribution < 1.29 is 17.5 Å². The van der Waals surface area contributed by atoms with Gasteiger partial charge in [0.05, 0.1) is 17.6 Å². The van der Waals surface area contributed by atoms with E-state index in [1.807, 2.05) is 4.90 Å². The number of benzene rings is 1. The predicted octanol–water partition coefficient (Wildman–Crippen LogP) is 1.87. The summed E-state index contributed by atoms with van der Waals surface area (Å²) in [4.78, 5) is 1.97. The Morgan fingerprint density at radius 2 is 2.08 bits per heavy atom. The first-order valence-corrected chi connectivity index (χ1v) is 10.8. The van der Waals surface area contributed by atoms with E-state index in [1.54, 1.807) is 12.1 Å². The minimum absolute atomic E-state index is 0.0916. The standard InChI is InChI=1S/C17H23FN2O3S2/c18-14-5-3-13(4-6-14)10-19-17(24)20(11-16-2-1-8-23-16)15-7-9-25(21,22)12-15/h3-6,15-16H,1-2,7-12H2,(H,19,24)/t15-,16+/m0/s1. The van der Waals surface area contributed by atoms with Crippen LogP contribution in [0.4, 0.5) is 4.39 Å². The summed E-state index contributed by atoms with van der Waals surface area (Å²) in [6.45, 7) is 1.83. The molecule has 2 aliphatic rings. The summed E-state index contributed by atoms with van der Waals surface area (Å²) in [5, 5.41) is 3.71. The summed E-state index contributed by atoms with van der Waals surface area (Å²) in [5.41, 5.74) is 0.917. The van der Waals surface area contributed by atoms with Gasteiger partial charge in [0.1, 0.15) is 5.82 Å². The number of hydrogen-bond donors (Lipinski definition) is 1. The highest BCUT2D eigenvalue weighted by Gasteiger charge is 2.35. The van der Waals surface area contributed by atoms with E-state index in [0.29, 0.717) is 24.6 Å². The molecule has 2 heterocycles. The number of nitrogens with zero attached hydrogens (tertiary/aromatic N) is 1. The average Bonchev–Trinajstić information content (AvgIpc) is 3.21. The minimum atomic E-state index is -2.99. The van der Waals surface area contributed by atoms with Crippen molar-refractivity contribution in [1.29, 1.82) is 0 Å². The van der Waals surface area contributed by atoms with E-state index in [9.17, 15) is 12.8 Å². The number of nitrogens with one attached hydrogen (secondary N) is 1. The molecule has 0 bridgehead atoms. The Bertz CT molecular complexity index is 703. The topological polar surface area (TPSA) is 58.6 Å². The molecule has 25 heavy (non-hydrogen) atoms. The molecule has 0 amide bonds. The first-order valence-electron chi connectivity index (χ1n) is 8.54. The molecule has 1 N–H and O–H groups in total. The average molecular weight is 387 g/mol. The molecule has 0 aromatic heterocycles. The van der Waals surface area contributed by atoms with Gasteiger partial charge in [0.15, 0.2) is 14.9 Å². The zero-order valence-corrected chi connectivity index (χ0v) is 15.6.